The van der Waals surface area contributed by atoms with E-state index in [1.165, 1.54) is 35.2 Å². The van der Waals surface area contributed by atoms with E-state index in [0.717, 1.165) is 12.1 Å². The topological polar surface area (TPSA) is 71.2 Å². The lowest BCUT2D eigenvalue weighted by atomic mass is 9.90. The van der Waals surface area contributed by atoms with Crippen molar-refractivity contribution in [3.05, 3.63) is 48.1 Å². The van der Waals surface area contributed by atoms with Gasteiger partial charge in [-0.05, 0) is 6.07 Å². The third-order valence-corrected chi connectivity index (χ3v) is 4.71. The molecule has 2 N–H and O–H groups in total. The zero-order valence-corrected chi connectivity index (χ0v) is 12.8. The number of hydrogen-bond donors (Lipinski definition) is 2. The van der Waals surface area contributed by atoms with Crippen molar-refractivity contribution < 1.29 is 19.0 Å². The number of aliphatic hydroxyl groups excluding tert-OH is 1. The van der Waals surface area contributed by atoms with Crippen LogP contribution in [-0.2, 0) is 12.1 Å². The van der Waals surface area contributed by atoms with Crippen LogP contribution in [0.25, 0.3) is 0 Å². The quantitative estimate of drug-likeness (QED) is 0.807. The summed E-state index contributed by atoms with van der Waals surface area (Å²) in [6.45, 7) is 1.63. The molecule has 2 aromatic rings. The molecule has 2 rings (SSSR count). The van der Waals surface area contributed by atoms with E-state index in [4.69, 9.17) is 5.11 Å². The molecule has 1 heterocycles. The molecule has 2 atom stereocenters. The summed E-state index contributed by atoms with van der Waals surface area (Å²) in [5.41, 5.74) is -1.63. The van der Waals surface area contributed by atoms with Crippen LogP contribution in [0.15, 0.2) is 30.9 Å². The molecule has 0 bridgehead atoms. The number of aliphatic hydroxyl groups is 2. The Morgan fingerprint density at radius 3 is 2.77 bits per heavy atom. The largest absolute Gasteiger partial charge is 0.396 e. The van der Waals surface area contributed by atoms with E-state index in [-0.39, 0.29) is 18.7 Å². The molecule has 0 aliphatic heterocycles. The maximum absolute atomic E-state index is 14.2. The Labute approximate surface area is 131 Å². The van der Waals surface area contributed by atoms with Gasteiger partial charge >= 0.3 is 0 Å². The summed E-state index contributed by atoms with van der Waals surface area (Å²) in [5.74, 6) is -1.14. The average molecular weight is 329 g/mol. The Morgan fingerprint density at radius 2 is 2.18 bits per heavy atom. The smallest absolute Gasteiger partial charge is 0.137 e. The van der Waals surface area contributed by atoms with Crippen LogP contribution in [0, 0.1) is 11.6 Å². The molecule has 0 fully saturated rings. The molecule has 22 heavy (non-hydrogen) atoms. The fourth-order valence-corrected chi connectivity index (χ4v) is 3.14. The number of aromatic nitrogens is 3. The summed E-state index contributed by atoms with van der Waals surface area (Å²) in [6.07, 6.45) is 2.72. The summed E-state index contributed by atoms with van der Waals surface area (Å²) in [5, 5.41) is 23.5. The molecule has 0 saturated carbocycles. The van der Waals surface area contributed by atoms with Crippen LogP contribution in [0.4, 0.5) is 8.78 Å². The van der Waals surface area contributed by atoms with Crippen LogP contribution in [-0.4, -0.2) is 42.6 Å². The highest BCUT2D eigenvalue weighted by Crippen LogP contribution is 2.35. The Balaban J connectivity index is 2.39. The molecule has 0 radical (unpaired) electrons. The van der Waals surface area contributed by atoms with Crippen LogP contribution in [0.5, 0.6) is 0 Å². The van der Waals surface area contributed by atoms with E-state index in [2.05, 4.69) is 10.1 Å². The summed E-state index contributed by atoms with van der Waals surface area (Å²) in [6, 6.07) is 3.08. The first kappa shape index (κ1) is 16.9. The van der Waals surface area contributed by atoms with Crippen molar-refractivity contribution in [2.75, 3.05) is 12.4 Å². The first-order chi connectivity index (χ1) is 10.5. The number of halogens is 2. The van der Waals surface area contributed by atoms with Crippen LogP contribution >= 0.6 is 11.8 Å². The van der Waals surface area contributed by atoms with E-state index in [1.54, 1.807) is 6.92 Å². The fraction of sp³-hybridized carbons (Fsp3) is 0.429. The normalized spacial score (nSPS) is 15.5. The number of rotatable bonds is 7. The number of nitrogens with zero attached hydrogens (tertiary/aromatic N) is 3. The molecule has 1 aromatic heterocycles. The Morgan fingerprint density at radius 1 is 1.41 bits per heavy atom. The van der Waals surface area contributed by atoms with Crippen molar-refractivity contribution in [3.8, 4) is 0 Å². The highest BCUT2D eigenvalue weighted by molar-refractivity contribution is 7.99. The molecule has 0 spiro atoms. The van der Waals surface area contributed by atoms with Gasteiger partial charge in [-0.3, -0.25) is 0 Å². The molecule has 0 saturated heterocycles. The predicted molar refractivity (Wildman–Crippen MR) is 79.3 cm³/mol. The van der Waals surface area contributed by atoms with Crippen LogP contribution in [0.3, 0.4) is 0 Å². The number of benzene rings is 1. The summed E-state index contributed by atoms with van der Waals surface area (Å²) >= 11 is 1.29. The molecule has 0 aliphatic rings. The van der Waals surface area contributed by atoms with Gasteiger partial charge < -0.3 is 10.2 Å². The minimum atomic E-state index is -1.62. The molecule has 1 aromatic carbocycles. The predicted octanol–water partition coefficient (Wildman–Crippen LogP) is 1.56. The number of hydrogen-bond acceptors (Lipinski definition) is 5. The van der Waals surface area contributed by atoms with Crippen molar-refractivity contribution >= 4 is 11.8 Å². The molecule has 0 aliphatic carbocycles. The lowest BCUT2D eigenvalue weighted by Crippen LogP contribution is -2.41. The van der Waals surface area contributed by atoms with Crippen molar-refractivity contribution in [3.63, 3.8) is 0 Å². The van der Waals surface area contributed by atoms with E-state index < -0.39 is 22.5 Å². The van der Waals surface area contributed by atoms with Gasteiger partial charge in [-0.25, -0.2) is 18.4 Å². The first-order valence-electron chi connectivity index (χ1n) is 6.70. The monoisotopic (exact) mass is 329 g/mol. The summed E-state index contributed by atoms with van der Waals surface area (Å²) in [4.78, 5) is 3.80. The summed E-state index contributed by atoms with van der Waals surface area (Å²) in [7, 11) is 0. The van der Waals surface area contributed by atoms with E-state index in [0.29, 0.717) is 5.75 Å². The molecule has 8 heteroatoms. The number of thioether (sulfide) groups is 1. The first-order valence-corrected chi connectivity index (χ1v) is 7.75. The Kier molecular flexibility index (Phi) is 5.49. The van der Waals surface area contributed by atoms with Crippen LogP contribution < -0.4 is 0 Å². The molecule has 5 nitrogen and oxygen atoms in total. The standard InChI is InChI=1S/C14H17F2N3O2S/c1-10(22-5-4-20)14(21,7-19-9-17-8-18-19)12-3-2-11(15)6-13(12)16/h2-3,6,8-10,20-21H,4-5,7H2,1H3/t10-,14+/m0/s1. The van der Waals surface area contributed by atoms with Crippen molar-refractivity contribution in [2.45, 2.75) is 24.3 Å². The molecule has 0 unspecified atom stereocenters. The zero-order chi connectivity index (χ0) is 16.2. The van der Waals surface area contributed by atoms with Crippen molar-refractivity contribution in [1.82, 2.24) is 14.8 Å². The lowest BCUT2D eigenvalue weighted by Gasteiger charge is -2.34. The minimum Gasteiger partial charge on any atom is -0.396 e. The molecular formula is C14H17F2N3O2S. The van der Waals surface area contributed by atoms with Gasteiger partial charge in [0.25, 0.3) is 0 Å². The van der Waals surface area contributed by atoms with E-state index >= 15 is 0 Å². The van der Waals surface area contributed by atoms with Gasteiger partial charge in [0.1, 0.15) is 29.9 Å². The Hall–Kier alpha value is -1.51. The van der Waals surface area contributed by atoms with Gasteiger partial charge in [-0.15, -0.1) is 0 Å². The van der Waals surface area contributed by atoms with E-state index in [1.807, 2.05) is 0 Å². The third kappa shape index (κ3) is 3.63. The van der Waals surface area contributed by atoms with E-state index in [9.17, 15) is 13.9 Å². The van der Waals surface area contributed by atoms with Crippen molar-refractivity contribution in [1.29, 1.82) is 0 Å². The maximum atomic E-state index is 14.2. The van der Waals surface area contributed by atoms with Gasteiger partial charge in [0, 0.05) is 22.6 Å². The average Bonchev–Trinajstić information content (AvgIpc) is 2.97. The second-order valence-corrected chi connectivity index (χ2v) is 6.33. The molecule has 0 amide bonds. The Bertz CT molecular complexity index is 612. The zero-order valence-electron chi connectivity index (χ0n) is 12.0. The van der Waals surface area contributed by atoms with Gasteiger partial charge in [-0.1, -0.05) is 13.0 Å². The fourth-order valence-electron chi connectivity index (χ4n) is 2.20. The van der Waals surface area contributed by atoms with Crippen LogP contribution in [0.2, 0.25) is 0 Å². The van der Waals surface area contributed by atoms with Gasteiger partial charge in [0.05, 0.1) is 13.2 Å². The summed E-state index contributed by atoms with van der Waals surface area (Å²) < 4.78 is 28.7. The van der Waals surface area contributed by atoms with Crippen LogP contribution in [0.1, 0.15) is 12.5 Å². The van der Waals surface area contributed by atoms with Gasteiger partial charge in [0.15, 0.2) is 0 Å². The minimum absolute atomic E-state index is 0.0117. The second kappa shape index (κ2) is 7.17. The highest BCUT2D eigenvalue weighted by atomic mass is 32.2. The van der Waals surface area contributed by atoms with Crippen molar-refractivity contribution in [2.24, 2.45) is 0 Å². The second-order valence-electron chi connectivity index (χ2n) is 4.88. The third-order valence-electron chi connectivity index (χ3n) is 3.40. The van der Waals surface area contributed by atoms with Gasteiger partial charge in [-0.2, -0.15) is 16.9 Å². The highest BCUT2D eigenvalue weighted by Gasteiger charge is 2.39. The maximum Gasteiger partial charge on any atom is 0.137 e. The molecule has 120 valence electrons. The van der Waals surface area contributed by atoms with Gasteiger partial charge in [0.2, 0.25) is 0 Å². The SMILES string of the molecule is C[C@H](SCCO)[C@](O)(Cn1cncn1)c1ccc(F)cc1F. The lowest BCUT2D eigenvalue weighted by molar-refractivity contribution is 0.0133. The molecular weight excluding hydrogens is 312 g/mol.